The van der Waals surface area contributed by atoms with Gasteiger partial charge in [-0.25, -0.2) is 0 Å². The molecule has 0 saturated heterocycles. The monoisotopic (exact) mass is 299 g/mol. The van der Waals surface area contributed by atoms with E-state index in [1.807, 2.05) is 19.3 Å². The Hall–Kier alpha value is -0.900. The summed E-state index contributed by atoms with van der Waals surface area (Å²) in [6.07, 6.45) is 1.85. The fourth-order valence-electron chi connectivity index (χ4n) is 1.58. The van der Waals surface area contributed by atoms with Crippen molar-refractivity contribution in [3.63, 3.8) is 0 Å². The predicted molar refractivity (Wildman–Crippen MR) is 76.9 cm³/mol. The van der Waals surface area contributed by atoms with Crippen LogP contribution >= 0.6 is 35.0 Å². The normalized spacial score (nSPS) is 10.6. The van der Waals surface area contributed by atoms with Gasteiger partial charge in [0.15, 0.2) is 5.78 Å². The van der Waals surface area contributed by atoms with Crippen LogP contribution < -0.4 is 0 Å². The second-order valence-corrected chi connectivity index (χ2v) is 5.57. The average molecular weight is 300 g/mol. The third kappa shape index (κ3) is 2.91. The van der Waals surface area contributed by atoms with Gasteiger partial charge in [-0.15, -0.1) is 11.8 Å². The molecule has 0 aliphatic heterocycles. The summed E-state index contributed by atoms with van der Waals surface area (Å²) in [5.74, 6) is 0.380. The minimum absolute atomic E-state index is 0.0588. The highest BCUT2D eigenvalue weighted by Crippen LogP contribution is 2.34. The van der Waals surface area contributed by atoms with Gasteiger partial charge in [0.2, 0.25) is 0 Å². The van der Waals surface area contributed by atoms with Gasteiger partial charge in [0.1, 0.15) is 0 Å². The number of benzene rings is 1. The Morgan fingerprint density at radius 1 is 1.22 bits per heavy atom. The molecule has 0 N–H and O–H groups in total. The van der Waals surface area contributed by atoms with Crippen LogP contribution in [0.4, 0.5) is 0 Å². The quantitative estimate of drug-likeness (QED) is 0.620. The summed E-state index contributed by atoms with van der Waals surface area (Å²) in [7, 11) is 1.85. The van der Waals surface area contributed by atoms with Crippen LogP contribution in [0.25, 0.3) is 0 Å². The second kappa shape index (κ2) is 5.83. The van der Waals surface area contributed by atoms with Gasteiger partial charge in [0, 0.05) is 18.1 Å². The van der Waals surface area contributed by atoms with Crippen LogP contribution in [0.15, 0.2) is 41.4 Å². The Kier molecular flexibility index (Phi) is 4.38. The molecule has 1 aromatic carbocycles. The molecule has 0 atom stereocenters. The summed E-state index contributed by atoms with van der Waals surface area (Å²) in [5.41, 5.74) is 0.686. The predicted octanol–water partition coefficient (Wildman–Crippen LogP) is 4.31. The Morgan fingerprint density at radius 2 is 1.89 bits per heavy atom. The first kappa shape index (κ1) is 13.5. The Bertz CT molecular complexity index is 560. The van der Waals surface area contributed by atoms with E-state index in [2.05, 4.69) is 0 Å². The number of halogens is 2. The number of carbonyl (C=O) groups excluding carboxylic acids is 1. The van der Waals surface area contributed by atoms with Crippen molar-refractivity contribution in [3.8, 4) is 0 Å². The van der Waals surface area contributed by atoms with Gasteiger partial charge in [0.05, 0.1) is 21.5 Å². The standard InChI is InChI=1S/C13H11Cl2NOS/c1-16-7-3-6-11(16)12(17)8-18-13-9(14)4-2-5-10(13)15/h2-7H,8H2,1H3. The first-order valence-electron chi connectivity index (χ1n) is 5.31. The van der Waals surface area contributed by atoms with E-state index in [0.29, 0.717) is 21.5 Å². The molecule has 0 aliphatic carbocycles. The van der Waals surface area contributed by atoms with Gasteiger partial charge >= 0.3 is 0 Å². The van der Waals surface area contributed by atoms with Gasteiger partial charge in [-0.1, -0.05) is 29.3 Å². The number of ketones is 1. The molecule has 0 amide bonds. The van der Waals surface area contributed by atoms with Gasteiger partial charge in [-0.3, -0.25) is 4.79 Å². The minimum Gasteiger partial charge on any atom is -0.348 e. The number of carbonyl (C=O) groups is 1. The van der Waals surface area contributed by atoms with Crippen molar-refractivity contribution in [2.24, 2.45) is 7.05 Å². The molecular formula is C13H11Cl2NOS. The maximum atomic E-state index is 12.0. The molecule has 94 valence electrons. The zero-order valence-electron chi connectivity index (χ0n) is 9.69. The fourth-order valence-corrected chi connectivity index (χ4v) is 3.14. The molecule has 2 nitrogen and oxygen atoms in total. The average Bonchev–Trinajstić information content (AvgIpc) is 2.74. The Labute approximate surface area is 120 Å². The van der Waals surface area contributed by atoms with Crippen molar-refractivity contribution in [1.29, 1.82) is 0 Å². The van der Waals surface area contributed by atoms with Gasteiger partial charge < -0.3 is 4.57 Å². The van der Waals surface area contributed by atoms with Crippen molar-refractivity contribution in [2.45, 2.75) is 4.90 Å². The van der Waals surface area contributed by atoms with Gasteiger partial charge in [-0.05, 0) is 24.3 Å². The van der Waals surface area contributed by atoms with Gasteiger partial charge in [-0.2, -0.15) is 0 Å². The van der Waals surface area contributed by atoms with E-state index in [4.69, 9.17) is 23.2 Å². The zero-order chi connectivity index (χ0) is 13.1. The first-order chi connectivity index (χ1) is 8.59. The Morgan fingerprint density at radius 3 is 2.44 bits per heavy atom. The lowest BCUT2D eigenvalue weighted by atomic mass is 10.3. The molecular weight excluding hydrogens is 289 g/mol. The van der Waals surface area contributed by atoms with Gasteiger partial charge in [0.25, 0.3) is 0 Å². The van der Waals surface area contributed by atoms with Crippen molar-refractivity contribution >= 4 is 40.7 Å². The topological polar surface area (TPSA) is 22.0 Å². The number of rotatable bonds is 4. The highest BCUT2D eigenvalue weighted by molar-refractivity contribution is 8.00. The smallest absolute Gasteiger partial charge is 0.189 e. The van der Waals surface area contributed by atoms with Crippen molar-refractivity contribution in [3.05, 3.63) is 52.3 Å². The van der Waals surface area contributed by atoms with E-state index in [-0.39, 0.29) is 5.78 Å². The first-order valence-corrected chi connectivity index (χ1v) is 7.05. The molecule has 0 radical (unpaired) electrons. The fraction of sp³-hybridized carbons (Fsp3) is 0.154. The highest BCUT2D eigenvalue weighted by atomic mass is 35.5. The molecule has 1 heterocycles. The summed E-state index contributed by atoms with van der Waals surface area (Å²) in [6, 6.07) is 8.97. The van der Waals surface area contributed by atoms with E-state index < -0.39 is 0 Å². The second-order valence-electron chi connectivity index (χ2n) is 3.77. The molecule has 0 bridgehead atoms. The number of Topliss-reactive ketones (excluding diaryl/α,β-unsaturated/α-hetero) is 1. The molecule has 0 aliphatic rings. The summed E-state index contributed by atoms with van der Waals surface area (Å²) in [4.78, 5) is 12.7. The van der Waals surface area contributed by atoms with E-state index >= 15 is 0 Å². The van der Waals surface area contributed by atoms with Crippen LogP contribution in [0.3, 0.4) is 0 Å². The van der Waals surface area contributed by atoms with E-state index in [0.717, 1.165) is 4.90 Å². The molecule has 0 saturated carbocycles. The lowest BCUT2D eigenvalue weighted by Crippen LogP contribution is -2.07. The largest absolute Gasteiger partial charge is 0.348 e. The third-order valence-electron chi connectivity index (χ3n) is 2.50. The van der Waals surface area contributed by atoms with Crippen LogP contribution in [0, 0.1) is 0 Å². The summed E-state index contributed by atoms with van der Waals surface area (Å²) >= 11 is 13.5. The van der Waals surface area contributed by atoms with Crippen LogP contribution in [0.5, 0.6) is 0 Å². The molecule has 0 unspecified atom stereocenters. The van der Waals surface area contributed by atoms with Crippen LogP contribution in [0.2, 0.25) is 10.0 Å². The molecule has 18 heavy (non-hydrogen) atoms. The summed E-state index contributed by atoms with van der Waals surface area (Å²) in [5, 5.41) is 1.15. The maximum absolute atomic E-state index is 12.0. The lowest BCUT2D eigenvalue weighted by Gasteiger charge is -2.06. The number of aromatic nitrogens is 1. The molecule has 2 rings (SSSR count). The minimum atomic E-state index is 0.0588. The highest BCUT2D eigenvalue weighted by Gasteiger charge is 2.12. The molecule has 2 aromatic rings. The van der Waals surface area contributed by atoms with Crippen LogP contribution in [-0.4, -0.2) is 16.1 Å². The third-order valence-corrected chi connectivity index (χ3v) is 4.49. The van der Waals surface area contributed by atoms with E-state index in [1.165, 1.54) is 11.8 Å². The number of hydrogen-bond donors (Lipinski definition) is 0. The Balaban J connectivity index is 2.09. The SMILES string of the molecule is Cn1cccc1C(=O)CSc1c(Cl)cccc1Cl. The summed E-state index contributed by atoms with van der Waals surface area (Å²) in [6.45, 7) is 0. The van der Waals surface area contributed by atoms with Crippen LogP contribution in [0.1, 0.15) is 10.5 Å². The van der Waals surface area contributed by atoms with E-state index in [9.17, 15) is 4.79 Å². The summed E-state index contributed by atoms with van der Waals surface area (Å²) < 4.78 is 1.80. The number of aryl methyl sites for hydroxylation is 1. The van der Waals surface area contributed by atoms with Crippen molar-refractivity contribution < 1.29 is 4.79 Å². The zero-order valence-corrected chi connectivity index (χ0v) is 12.0. The molecule has 0 fully saturated rings. The number of thioether (sulfide) groups is 1. The molecule has 5 heteroatoms. The molecule has 0 spiro atoms. The van der Waals surface area contributed by atoms with Crippen LogP contribution in [-0.2, 0) is 7.05 Å². The van der Waals surface area contributed by atoms with E-state index in [1.54, 1.807) is 28.8 Å². The molecule has 1 aromatic heterocycles. The number of nitrogens with zero attached hydrogens (tertiary/aromatic N) is 1. The van der Waals surface area contributed by atoms with Crippen molar-refractivity contribution in [1.82, 2.24) is 4.57 Å². The number of hydrogen-bond acceptors (Lipinski definition) is 2. The lowest BCUT2D eigenvalue weighted by molar-refractivity contribution is 0.101. The van der Waals surface area contributed by atoms with Crippen molar-refractivity contribution in [2.75, 3.05) is 5.75 Å². The maximum Gasteiger partial charge on any atom is 0.189 e.